The average molecular weight is 963 g/mol. The van der Waals surface area contributed by atoms with Crippen LogP contribution in [0.4, 0.5) is 0 Å². The Morgan fingerprint density at radius 3 is 1.86 bits per heavy atom. The van der Waals surface area contributed by atoms with Gasteiger partial charge in [0.1, 0.15) is 30.2 Å². The first-order valence-electron chi connectivity index (χ1n) is 24.7. The van der Waals surface area contributed by atoms with Gasteiger partial charge in [0.15, 0.2) is 0 Å². The molecule has 0 unspecified atom stereocenters. The number of likely N-dealkylation sites (tertiary alicyclic amines) is 1. The Hall–Kier alpha value is -6.13. The van der Waals surface area contributed by atoms with Gasteiger partial charge in [0.2, 0.25) is 35.4 Å². The second-order valence-corrected chi connectivity index (χ2v) is 21.5. The third kappa shape index (κ3) is 12.4. The summed E-state index contributed by atoms with van der Waals surface area (Å²) in [5.41, 5.74) is 3.78. The number of aliphatic carboxylic acids is 1. The number of carbonyl (C=O) groups is 7. The number of carboxylic acids is 1. The minimum Gasteiger partial charge on any atom is -0.480 e. The maximum Gasteiger partial charge on any atom is 0.326 e. The number of carbonyl (C=O) groups excluding carboxylic acids is 6. The van der Waals surface area contributed by atoms with Crippen molar-refractivity contribution in [2.24, 2.45) is 10.8 Å². The highest BCUT2D eigenvalue weighted by molar-refractivity contribution is 5.96. The van der Waals surface area contributed by atoms with Crippen molar-refractivity contribution in [3.63, 3.8) is 0 Å². The molecule has 378 valence electrons. The first-order chi connectivity index (χ1) is 33.0. The Kier molecular flexibility index (Phi) is 17.0. The normalized spacial score (nSPS) is 21.2. The molecule has 0 aromatic heterocycles. The van der Waals surface area contributed by atoms with Gasteiger partial charge in [0.05, 0.1) is 18.1 Å². The van der Waals surface area contributed by atoms with Crippen LogP contribution >= 0.6 is 0 Å². The molecular weight excluding hydrogens is 889 g/mol. The summed E-state index contributed by atoms with van der Waals surface area (Å²) in [6.07, 6.45) is 2.95. The van der Waals surface area contributed by atoms with E-state index in [0.717, 1.165) is 41.5 Å². The number of hydrogen-bond acceptors (Lipinski definition) is 9. The van der Waals surface area contributed by atoms with E-state index >= 15 is 0 Å². The molecule has 0 spiro atoms. The number of rotatable bonds is 16. The lowest BCUT2D eigenvalue weighted by atomic mass is 9.83. The maximum absolute atomic E-state index is 15.0. The van der Waals surface area contributed by atoms with Crippen molar-refractivity contribution in [3.8, 4) is 0 Å². The van der Waals surface area contributed by atoms with E-state index < -0.39 is 76.8 Å². The number of hydrogen-bond donors (Lipinski definition) is 7. The molecule has 0 radical (unpaired) electrons. The number of amides is 6. The van der Waals surface area contributed by atoms with E-state index in [0.29, 0.717) is 5.56 Å². The fourth-order valence-corrected chi connectivity index (χ4v) is 9.81. The van der Waals surface area contributed by atoms with E-state index in [2.05, 4.69) is 38.0 Å². The van der Waals surface area contributed by atoms with E-state index in [-0.39, 0.29) is 62.0 Å². The molecule has 1 fully saturated rings. The Labute approximate surface area is 412 Å². The van der Waals surface area contributed by atoms with Crippen molar-refractivity contribution in [2.75, 3.05) is 20.6 Å². The minimum atomic E-state index is -1.28. The topological polar surface area (TPSA) is 218 Å². The molecule has 0 saturated carbocycles. The van der Waals surface area contributed by atoms with Crippen LogP contribution in [0.2, 0.25) is 0 Å². The summed E-state index contributed by atoms with van der Waals surface area (Å²) >= 11 is 0. The first kappa shape index (κ1) is 53.2. The molecule has 6 rings (SSSR count). The summed E-state index contributed by atoms with van der Waals surface area (Å²) < 4.78 is 0. The van der Waals surface area contributed by atoms with Crippen LogP contribution < -0.4 is 31.9 Å². The Bertz CT molecular complexity index is 2410. The maximum atomic E-state index is 15.0. The summed E-state index contributed by atoms with van der Waals surface area (Å²) in [6, 6.07) is 16.2. The molecule has 7 N–H and O–H groups in total. The Morgan fingerprint density at radius 1 is 0.686 bits per heavy atom. The number of likely N-dealkylation sites (N-methyl/N-ethyl adjacent to an activating group) is 2. The highest BCUT2D eigenvalue weighted by Gasteiger charge is 2.47. The molecule has 2 aliphatic heterocycles. The summed E-state index contributed by atoms with van der Waals surface area (Å²) in [5, 5.41) is 28.0. The van der Waals surface area contributed by atoms with Crippen LogP contribution in [0.15, 0.2) is 72.8 Å². The lowest BCUT2D eigenvalue weighted by Gasteiger charge is -2.41. The first-order valence-corrected chi connectivity index (χ1v) is 24.7. The lowest BCUT2D eigenvalue weighted by Crippen LogP contribution is -2.62. The van der Waals surface area contributed by atoms with Gasteiger partial charge in [-0.25, -0.2) is 4.79 Å². The summed E-state index contributed by atoms with van der Waals surface area (Å²) in [6.45, 7) is 14.7. The van der Waals surface area contributed by atoms with Crippen LogP contribution in [-0.4, -0.2) is 119 Å². The molecule has 16 heteroatoms. The molecule has 1 saturated heterocycles. The van der Waals surface area contributed by atoms with Gasteiger partial charge in [-0.2, -0.15) is 0 Å². The molecule has 1 aliphatic carbocycles. The van der Waals surface area contributed by atoms with Gasteiger partial charge in [-0.15, -0.1) is 0 Å². The average Bonchev–Trinajstić information content (AvgIpc) is 3.78. The third-order valence-electron chi connectivity index (χ3n) is 14.3. The van der Waals surface area contributed by atoms with Crippen LogP contribution in [0.3, 0.4) is 0 Å². The van der Waals surface area contributed by atoms with Crippen molar-refractivity contribution in [1.29, 1.82) is 0 Å². The molecule has 3 aromatic rings. The largest absolute Gasteiger partial charge is 0.480 e. The van der Waals surface area contributed by atoms with Gasteiger partial charge in [-0.3, -0.25) is 28.8 Å². The number of benzene rings is 3. The number of nitrogens with one attached hydrogen (secondary N) is 6. The molecule has 3 aliphatic rings. The zero-order valence-electron chi connectivity index (χ0n) is 42.5. The van der Waals surface area contributed by atoms with Crippen LogP contribution in [0.5, 0.6) is 0 Å². The van der Waals surface area contributed by atoms with Crippen molar-refractivity contribution < 1.29 is 38.7 Å². The SMILES string of the molecule is CN[C@@H](C)C(=O)N[C@H](C(=O)N1Cc2cc([C@H]3C[C@@H](C(=O)N[C@@H]4CCCc5ccccc54)N(C(=O)[C@@H](NC(=O)[C@H](C)NC)C(C)(C)C)C3)ccc2C[C@H]1C(=O)N[C@@H](Cc1ccccc1)C(=O)O)C(C)(C)C. The predicted octanol–water partition coefficient (Wildman–Crippen LogP) is 3.91. The van der Waals surface area contributed by atoms with E-state index in [9.17, 15) is 38.7 Å². The zero-order chi connectivity index (χ0) is 51.2. The fraction of sp³-hybridized carbons (Fsp3) is 0.537. The van der Waals surface area contributed by atoms with Crippen molar-refractivity contribution >= 4 is 41.4 Å². The van der Waals surface area contributed by atoms with Crippen LogP contribution in [0.25, 0.3) is 0 Å². The van der Waals surface area contributed by atoms with Gasteiger partial charge in [0.25, 0.3) is 0 Å². The van der Waals surface area contributed by atoms with E-state index in [1.165, 1.54) is 10.5 Å². The van der Waals surface area contributed by atoms with Crippen molar-refractivity contribution in [2.45, 2.75) is 155 Å². The fourth-order valence-electron chi connectivity index (χ4n) is 9.81. The monoisotopic (exact) mass is 963 g/mol. The van der Waals surface area contributed by atoms with E-state index in [1.807, 2.05) is 84.0 Å². The number of nitrogens with zero attached hydrogens (tertiary/aromatic N) is 2. The molecule has 9 atom stereocenters. The zero-order valence-corrected chi connectivity index (χ0v) is 42.5. The van der Waals surface area contributed by atoms with Crippen LogP contribution in [-0.2, 0) is 59.4 Å². The summed E-state index contributed by atoms with van der Waals surface area (Å²) in [4.78, 5) is 101. The summed E-state index contributed by atoms with van der Waals surface area (Å²) in [5.74, 6) is -4.09. The van der Waals surface area contributed by atoms with Crippen LogP contribution in [0, 0.1) is 10.8 Å². The number of aryl methyl sites for hydroxylation is 1. The predicted molar refractivity (Wildman–Crippen MR) is 267 cm³/mol. The lowest BCUT2D eigenvalue weighted by molar-refractivity contribution is -0.148. The standard InChI is InChI=1S/C54H74N8O8/c1-31(55-9)46(63)59-44(53(3,4)5)50(67)61-29-37-26-35(23-24-36(37)27-42(61)49(66)58-41(52(69)70)25-33-17-12-11-13-18-33)38-28-43(48(65)57-40-22-16-20-34-19-14-15-21-39(34)40)62(30-38)51(68)45(54(6,7)8)60-47(64)32(2)56-10/h11-15,17-19,21,23-24,26,31-32,38,40-45,55-56H,16,20,22,25,27-30H2,1-10H3,(H,57,65)(H,58,66)(H,59,63)(H,60,64)(H,69,70)/t31-,32-,38-,40+,41-,42-,43-,44+,45+/m0/s1. The second kappa shape index (κ2) is 22.3. The smallest absolute Gasteiger partial charge is 0.326 e. The molecule has 16 nitrogen and oxygen atoms in total. The van der Waals surface area contributed by atoms with E-state index in [4.69, 9.17) is 0 Å². The van der Waals surface area contributed by atoms with Gasteiger partial charge in [0, 0.05) is 31.8 Å². The molecule has 3 aromatic carbocycles. The molecule has 0 bridgehead atoms. The van der Waals surface area contributed by atoms with E-state index in [1.54, 1.807) is 57.1 Å². The van der Waals surface area contributed by atoms with Crippen LogP contribution in [0.1, 0.15) is 120 Å². The van der Waals surface area contributed by atoms with Crippen molar-refractivity contribution in [1.82, 2.24) is 41.7 Å². The van der Waals surface area contributed by atoms with Gasteiger partial charge >= 0.3 is 5.97 Å². The Morgan fingerprint density at radius 2 is 1.27 bits per heavy atom. The highest BCUT2D eigenvalue weighted by atomic mass is 16.4. The molecule has 2 heterocycles. The molecule has 6 amide bonds. The molecular formula is C54H74N8O8. The highest BCUT2D eigenvalue weighted by Crippen LogP contribution is 2.38. The second-order valence-electron chi connectivity index (χ2n) is 21.5. The van der Waals surface area contributed by atoms with Gasteiger partial charge in [-0.1, -0.05) is 114 Å². The quantitative estimate of drug-likeness (QED) is 0.110. The Balaban J connectivity index is 1.36. The summed E-state index contributed by atoms with van der Waals surface area (Å²) in [7, 11) is 3.31. The minimum absolute atomic E-state index is 0.0247. The molecule has 70 heavy (non-hydrogen) atoms. The van der Waals surface area contributed by atoms with Crippen molar-refractivity contribution in [3.05, 3.63) is 106 Å². The van der Waals surface area contributed by atoms with Gasteiger partial charge in [-0.05, 0) is 97.8 Å². The number of carboxylic acid groups (broad SMARTS) is 1. The van der Waals surface area contributed by atoms with Gasteiger partial charge < -0.3 is 46.8 Å². The number of fused-ring (bicyclic) bond motifs is 2. The third-order valence-corrected chi connectivity index (χ3v) is 14.3.